The number of benzene rings is 1. The number of nitrogens with one attached hydrogen (secondary N) is 1. The Morgan fingerprint density at radius 2 is 2.05 bits per heavy atom. The number of nitrogens with zero attached hydrogens (tertiary/aromatic N) is 2. The molecule has 0 bridgehead atoms. The lowest BCUT2D eigenvalue weighted by Crippen LogP contribution is -2.41. The topological polar surface area (TPSA) is 35.6 Å². The Kier molecular flexibility index (Phi) is 4.88. The summed E-state index contributed by atoms with van der Waals surface area (Å²) in [7, 11) is 4.03. The van der Waals surface area contributed by atoms with Gasteiger partial charge in [0.25, 0.3) is 0 Å². The lowest BCUT2D eigenvalue weighted by Gasteiger charge is -2.31. The highest BCUT2D eigenvalue weighted by atomic mass is 16.2. The number of carbonyl (C=O) groups excluding carboxylic acids is 1. The smallest absolute Gasteiger partial charge is 0.241 e. The van der Waals surface area contributed by atoms with Crippen LogP contribution < -0.4 is 10.2 Å². The standard InChI is InChI=1S/C16H25N3O/c1-13-5-4-10-19(12-13)16(20)11-17-14-6-8-15(9-7-14)18(2)3/h6-9,13,17H,4-5,10-12H2,1-3H3. The molecule has 1 unspecified atom stereocenters. The minimum atomic E-state index is 0.202. The van der Waals surface area contributed by atoms with Gasteiger partial charge in [-0.05, 0) is 43.0 Å². The van der Waals surface area contributed by atoms with E-state index in [0.717, 1.165) is 30.9 Å². The molecule has 0 aromatic heterocycles. The molecule has 0 radical (unpaired) electrons. The van der Waals surface area contributed by atoms with Crippen LogP contribution in [0.15, 0.2) is 24.3 Å². The Hall–Kier alpha value is -1.71. The van der Waals surface area contributed by atoms with Crippen LogP contribution in [0.5, 0.6) is 0 Å². The van der Waals surface area contributed by atoms with Crippen molar-refractivity contribution in [3.63, 3.8) is 0 Å². The molecule has 110 valence electrons. The zero-order chi connectivity index (χ0) is 14.5. The maximum absolute atomic E-state index is 12.1. The Labute approximate surface area is 121 Å². The summed E-state index contributed by atoms with van der Waals surface area (Å²) in [5.74, 6) is 0.834. The van der Waals surface area contributed by atoms with E-state index in [-0.39, 0.29) is 5.91 Å². The van der Waals surface area contributed by atoms with Gasteiger partial charge in [0.15, 0.2) is 0 Å². The predicted molar refractivity (Wildman–Crippen MR) is 84.2 cm³/mol. The lowest BCUT2D eigenvalue weighted by atomic mass is 10.0. The van der Waals surface area contributed by atoms with Crippen LogP contribution in [0.1, 0.15) is 19.8 Å². The van der Waals surface area contributed by atoms with Gasteiger partial charge in [-0.25, -0.2) is 0 Å². The number of anilines is 2. The van der Waals surface area contributed by atoms with Gasteiger partial charge in [0.05, 0.1) is 6.54 Å². The van der Waals surface area contributed by atoms with Crippen molar-refractivity contribution < 1.29 is 4.79 Å². The molecule has 20 heavy (non-hydrogen) atoms. The van der Waals surface area contributed by atoms with Crippen molar-refractivity contribution in [3.05, 3.63) is 24.3 Å². The fraction of sp³-hybridized carbons (Fsp3) is 0.562. The second kappa shape index (κ2) is 6.64. The molecule has 1 N–H and O–H groups in total. The number of carbonyl (C=O) groups is 1. The van der Waals surface area contributed by atoms with Crippen molar-refractivity contribution in [2.24, 2.45) is 5.92 Å². The molecule has 1 aliphatic heterocycles. The average Bonchev–Trinajstić information content (AvgIpc) is 2.45. The summed E-state index contributed by atoms with van der Waals surface area (Å²) < 4.78 is 0. The maximum Gasteiger partial charge on any atom is 0.241 e. The van der Waals surface area contributed by atoms with Crippen LogP contribution in [0.4, 0.5) is 11.4 Å². The second-order valence-electron chi connectivity index (χ2n) is 5.88. The molecule has 1 atom stereocenters. The van der Waals surface area contributed by atoms with Gasteiger partial charge in [-0.2, -0.15) is 0 Å². The molecular formula is C16H25N3O. The molecule has 0 saturated carbocycles. The Bertz CT molecular complexity index is 442. The lowest BCUT2D eigenvalue weighted by molar-refractivity contribution is -0.130. The summed E-state index contributed by atoms with van der Waals surface area (Å²) >= 11 is 0. The van der Waals surface area contributed by atoms with Gasteiger partial charge in [0.1, 0.15) is 0 Å². The van der Waals surface area contributed by atoms with E-state index < -0.39 is 0 Å². The predicted octanol–water partition coefficient (Wildman–Crippen LogP) is 2.42. The normalized spacial score (nSPS) is 18.8. The monoisotopic (exact) mass is 275 g/mol. The van der Waals surface area contributed by atoms with E-state index in [2.05, 4.69) is 29.3 Å². The van der Waals surface area contributed by atoms with Gasteiger partial charge in [0, 0.05) is 38.6 Å². The Morgan fingerprint density at radius 1 is 1.35 bits per heavy atom. The van der Waals surface area contributed by atoms with Gasteiger partial charge >= 0.3 is 0 Å². The van der Waals surface area contributed by atoms with E-state index in [1.54, 1.807) is 0 Å². The molecule has 1 fully saturated rings. The first-order valence-electron chi connectivity index (χ1n) is 7.35. The van der Waals surface area contributed by atoms with Crippen LogP contribution in [-0.4, -0.2) is 44.5 Å². The minimum absolute atomic E-state index is 0.202. The van der Waals surface area contributed by atoms with Crippen LogP contribution >= 0.6 is 0 Å². The van der Waals surface area contributed by atoms with Crippen LogP contribution in [0.3, 0.4) is 0 Å². The molecule has 1 aromatic rings. The first-order valence-corrected chi connectivity index (χ1v) is 7.35. The Balaban J connectivity index is 1.83. The first-order chi connectivity index (χ1) is 9.56. The summed E-state index contributed by atoms with van der Waals surface area (Å²) in [6, 6.07) is 8.13. The highest BCUT2D eigenvalue weighted by Crippen LogP contribution is 2.17. The van der Waals surface area contributed by atoms with Gasteiger partial charge < -0.3 is 15.1 Å². The van der Waals surface area contributed by atoms with E-state index >= 15 is 0 Å². The number of rotatable bonds is 4. The van der Waals surface area contributed by atoms with Gasteiger partial charge in [-0.15, -0.1) is 0 Å². The quantitative estimate of drug-likeness (QED) is 0.916. The van der Waals surface area contributed by atoms with E-state index in [1.165, 1.54) is 6.42 Å². The van der Waals surface area contributed by atoms with Crippen molar-refractivity contribution in [1.82, 2.24) is 4.90 Å². The highest BCUT2D eigenvalue weighted by molar-refractivity contribution is 5.81. The molecule has 1 aromatic carbocycles. The second-order valence-corrected chi connectivity index (χ2v) is 5.88. The molecular weight excluding hydrogens is 250 g/mol. The number of piperidine rings is 1. The largest absolute Gasteiger partial charge is 0.378 e. The van der Waals surface area contributed by atoms with Crippen LogP contribution in [-0.2, 0) is 4.79 Å². The summed E-state index contributed by atoms with van der Waals surface area (Å²) in [6.07, 6.45) is 2.37. The molecule has 1 amide bonds. The van der Waals surface area contributed by atoms with Crippen molar-refractivity contribution in [1.29, 1.82) is 0 Å². The van der Waals surface area contributed by atoms with Gasteiger partial charge in [-0.1, -0.05) is 6.92 Å². The summed E-state index contributed by atoms with van der Waals surface area (Å²) in [6.45, 7) is 4.41. The fourth-order valence-electron chi connectivity index (χ4n) is 2.58. The van der Waals surface area contributed by atoms with Gasteiger partial charge in [-0.3, -0.25) is 4.79 Å². The van der Waals surface area contributed by atoms with E-state index in [0.29, 0.717) is 12.5 Å². The number of amides is 1. The van der Waals surface area contributed by atoms with E-state index in [4.69, 9.17) is 0 Å². The molecule has 4 nitrogen and oxygen atoms in total. The molecule has 0 spiro atoms. The molecule has 1 aliphatic rings. The van der Waals surface area contributed by atoms with Crippen LogP contribution in [0.2, 0.25) is 0 Å². The highest BCUT2D eigenvalue weighted by Gasteiger charge is 2.20. The maximum atomic E-state index is 12.1. The van der Waals surface area contributed by atoms with Crippen LogP contribution in [0, 0.1) is 5.92 Å². The zero-order valence-electron chi connectivity index (χ0n) is 12.7. The van der Waals surface area contributed by atoms with Crippen LogP contribution in [0.25, 0.3) is 0 Å². The third-order valence-electron chi connectivity index (χ3n) is 3.84. The molecule has 1 saturated heterocycles. The number of likely N-dealkylation sites (tertiary alicyclic amines) is 1. The summed E-state index contributed by atoms with van der Waals surface area (Å²) in [5, 5.41) is 3.21. The minimum Gasteiger partial charge on any atom is -0.378 e. The van der Waals surface area contributed by atoms with Crippen molar-refractivity contribution in [2.45, 2.75) is 19.8 Å². The summed E-state index contributed by atoms with van der Waals surface area (Å²) in [5.41, 5.74) is 2.15. The fourth-order valence-corrected chi connectivity index (χ4v) is 2.58. The van der Waals surface area contributed by atoms with E-state index in [1.807, 2.05) is 31.1 Å². The molecule has 4 heteroatoms. The number of hydrogen-bond donors (Lipinski definition) is 1. The number of hydrogen-bond acceptors (Lipinski definition) is 3. The molecule has 0 aliphatic carbocycles. The molecule has 1 heterocycles. The van der Waals surface area contributed by atoms with Gasteiger partial charge in [0.2, 0.25) is 5.91 Å². The molecule has 2 rings (SSSR count). The Morgan fingerprint density at radius 3 is 2.65 bits per heavy atom. The van der Waals surface area contributed by atoms with Crippen molar-refractivity contribution in [3.8, 4) is 0 Å². The van der Waals surface area contributed by atoms with Crippen molar-refractivity contribution in [2.75, 3.05) is 43.9 Å². The third-order valence-corrected chi connectivity index (χ3v) is 3.84. The third kappa shape index (κ3) is 3.89. The SMILES string of the molecule is CC1CCCN(C(=O)CNc2ccc(N(C)C)cc2)C1. The van der Waals surface area contributed by atoms with Crippen molar-refractivity contribution >= 4 is 17.3 Å². The first kappa shape index (κ1) is 14.7. The van der Waals surface area contributed by atoms with E-state index in [9.17, 15) is 4.79 Å². The summed E-state index contributed by atoms with van der Waals surface area (Å²) in [4.78, 5) is 16.2. The zero-order valence-corrected chi connectivity index (χ0v) is 12.7. The average molecular weight is 275 g/mol.